The fourth-order valence-corrected chi connectivity index (χ4v) is 6.15. The first-order valence-corrected chi connectivity index (χ1v) is 16.1. The van der Waals surface area contributed by atoms with Crippen molar-refractivity contribution >= 4 is 23.4 Å². The number of rotatable bonds is 12. The Balaban J connectivity index is 1.21. The fourth-order valence-electron chi connectivity index (χ4n) is 6.02. The molecule has 0 aliphatic carbocycles. The summed E-state index contributed by atoms with van der Waals surface area (Å²) in [6, 6.07) is 23.0. The largest absolute Gasteiger partial charge is 0.392 e. The summed E-state index contributed by atoms with van der Waals surface area (Å²) in [5.74, 6) is -0.685. The molecule has 2 aliphatic rings. The van der Waals surface area contributed by atoms with Gasteiger partial charge in [-0.2, -0.15) is 0 Å². The lowest BCUT2D eigenvalue weighted by molar-refractivity contribution is -0.253. The molecule has 2 fully saturated rings. The first-order chi connectivity index (χ1) is 22.2. The lowest BCUT2D eigenvalue weighted by Gasteiger charge is -2.42. The van der Waals surface area contributed by atoms with Crippen molar-refractivity contribution in [3.63, 3.8) is 0 Å². The van der Waals surface area contributed by atoms with Crippen molar-refractivity contribution in [1.29, 1.82) is 0 Å². The van der Waals surface area contributed by atoms with Gasteiger partial charge in [0, 0.05) is 56.0 Å². The van der Waals surface area contributed by atoms with Crippen LogP contribution in [-0.4, -0.2) is 57.9 Å². The molecule has 10 nitrogen and oxygen atoms in total. The van der Waals surface area contributed by atoms with Gasteiger partial charge in [-0.05, 0) is 53.6 Å². The Morgan fingerprint density at radius 1 is 0.870 bits per heavy atom. The smallest absolute Gasteiger partial charge is 0.243 e. The number of aliphatic hydroxyl groups is 2. The summed E-state index contributed by atoms with van der Waals surface area (Å²) in [7, 11) is 0. The van der Waals surface area contributed by atoms with E-state index in [0.717, 1.165) is 40.9 Å². The molecule has 2 saturated heterocycles. The summed E-state index contributed by atoms with van der Waals surface area (Å²) >= 11 is 6.06. The van der Waals surface area contributed by atoms with E-state index in [2.05, 4.69) is 10.2 Å². The lowest BCUT2D eigenvalue weighted by atomic mass is 9.84. The summed E-state index contributed by atoms with van der Waals surface area (Å²) < 4.78 is 13.0. The number of nitrogens with zero attached hydrogens (tertiary/aromatic N) is 1. The number of carbonyl (C=O) groups is 2. The van der Waals surface area contributed by atoms with Crippen LogP contribution in [0.5, 0.6) is 0 Å². The van der Waals surface area contributed by atoms with Gasteiger partial charge in [-0.15, -0.1) is 0 Å². The molecule has 0 spiro atoms. The number of halogens is 1. The Bertz CT molecular complexity index is 1430. The second kappa shape index (κ2) is 16.0. The van der Waals surface area contributed by atoms with Gasteiger partial charge in [0.25, 0.3) is 0 Å². The van der Waals surface area contributed by atoms with Crippen LogP contribution in [0.3, 0.4) is 0 Å². The third-order valence-electron chi connectivity index (χ3n) is 8.82. The van der Waals surface area contributed by atoms with E-state index in [1.54, 1.807) is 5.48 Å². The fraction of sp³-hybridized carbons (Fsp3) is 0.429. The van der Waals surface area contributed by atoms with Gasteiger partial charge >= 0.3 is 0 Å². The van der Waals surface area contributed by atoms with Crippen LogP contribution in [-0.2, 0) is 37.8 Å². The van der Waals surface area contributed by atoms with Crippen LogP contribution in [0.15, 0.2) is 72.8 Å². The number of piperidine rings is 1. The Morgan fingerprint density at radius 2 is 1.50 bits per heavy atom. The summed E-state index contributed by atoms with van der Waals surface area (Å²) in [5, 5.41) is 32.9. The molecule has 46 heavy (non-hydrogen) atoms. The summed E-state index contributed by atoms with van der Waals surface area (Å²) in [4.78, 5) is 25.6. The third-order valence-corrected chi connectivity index (χ3v) is 9.07. The average Bonchev–Trinajstić information content (AvgIpc) is 3.08. The van der Waals surface area contributed by atoms with Gasteiger partial charge < -0.3 is 29.9 Å². The second-order valence-electron chi connectivity index (χ2n) is 12.1. The predicted molar refractivity (Wildman–Crippen MR) is 172 cm³/mol. The highest BCUT2D eigenvalue weighted by Gasteiger charge is 2.37. The van der Waals surface area contributed by atoms with E-state index in [1.165, 1.54) is 0 Å². The van der Waals surface area contributed by atoms with Crippen LogP contribution in [0.25, 0.3) is 0 Å². The minimum Gasteiger partial charge on any atom is -0.392 e. The lowest BCUT2D eigenvalue weighted by Crippen LogP contribution is -2.46. The van der Waals surface area contributed by atoms with Crippen molar-refractivity contribution in [1.82, 2.24) is 15.7 Å². The molecule has 2 aliphatic heterocycles. The molecule has 246 valence electrons. The van der Waals surface area contributed by atoms with E-state index < -0.39 is 17.8 Å². The van der Waals surface area contributed by atoms with Crippen LogP contribution in [0.2, 0.25) is 5.02 Å². The van der Waals surface area contributed by atoms with Crippen molar-refractivity contribution in [2.24, 2.45) is 0 Å². The maximum atomic E-state index is 12.1. The van der Waals surface area contributed by atoms with Crippen molar-refractivity contribution in [3.8, 4) is 0 Å². The van der Waals surface area contributed by atoms with E-state index in [-0.39, 0.29) is 37.6 Å². The number of amides is 2. The first-order valence-electron chi connectivity index (χ1n) is 15.7. The normalized spacial score (nSPS) is 21.4. The Kier molecular flexibility index (Phi) is 11.8. The van der Waals surface area contributed by atoms with Crippen molar-refractivity contribution < 1.29 is 34.5 Å². The highest BCUT2D eigenvalue weighted by atomic mass is 35.5. The zero-order chi connectivity index (χ0) is 32.5. The molecule has 0 aromatic heterocycles. The highest BCUT2D eigenvalue weighted by Crippen LogP contribution is 2.39. The minimum atomic E-state index is -0.880. The maximum absolute atomic E-state index is 12.1. The zero-order valence-electron chi connectivity index (χ0n) is 25.7. The monoisotopic (exact) mass is 651 g/mol. The van der Waals surface area contributed by atoms with Gasteiger partial charge in [-0.1, -0.05) is 72.3 Å². The molecule has 0 bridgehead atoms. The van der Waals surface area contributed by atoms with Gasteiger partial charge in [-0.25, -0.2) is 5.48 Å². The number of hydrogen-bond acceptors (Lipinski definition) is 8. The van der Waals surface area contributed by atoms with E-state index >= 15 is 0 Å². The molecule has 2 heterocycles. The molecule has 5 N–H and O–H groups in total. The van der Waals surface area contributed by atoms with Crippen molar-refractivity contribution in [2.75, 3.05) is 19.6 Å². The average molecular weight is 652 g/mol. The van der Waals surface area contributed by atoms with E-state index in [4.69, 9.17) is 26.3 Å². The van der Waals surface area contributed by atoms with Crippen LogP contribution < -0.4 is 10.8 Å². The molecular weight excluding hydrogens is 610 g/mol. The molecule has 0 radical (unpaired) electrons. The SMILES string of the molecule is O=C(CCCC(=O)NCc1ccc([C@@H]2O[C@H](CN3CCC(O)(c4ccc(Cl)cc4)CC3)C[C@H](c3ccc(CO)cc3)O2)cc1)NO. The molecule has 0 unspecified atom stereocenters. The van der Waals surface area contributed by atoms with E-state index in [0.29, 0.717) is 43.8 Å². The Hall–Kier alpha value is -3.35. The quantitative estimate of drug-likeness (QED) is 0.141. The molecule has 5 rings (SSSR count). The van der Waals surface area contributed by atoms with Gasteiger partial charge in [0.2, 0.25) is 11.8 Å². The number of aliphatic hydroxyl groups excluding tert-OH is 1. The minimum absolute atomic E-state index is 0.0227. The Morgan fingerprint density at radius 3 is 2.15 bits per heavy atom. The molecule has 3 aromatic rings. The standard InChI is InChI=1S/C35H42ClN3O7/c36-29-14-12-28(13-15-29)35(43)16-18-39(19-17-35)22-30-20-31(26-8-6-25(23-40)7-9-26)46-34(45-30)27-10-4-24(5-11-27)21-37-32(41)2-1-3-33(42)38-44/h4-15,30-31,34,40,43-44H,1-3,16-23H2,(H,37,41)(H,38,42)/t30-,31+,34+/m0/s1. The molecular formula is C35H42ClN3O7. The Labute approximate surface area is 274 Å². The van der Waals surface area contributed by atoms with Gasteiger partial charge in [-0.3, -0.25) is 14.8 Å². The number of likely N-dealkylation sites (tertiary alicyclic amines) is 1. The predicted octanol–water partition coefficient (Wildman–Crippen LogP) is 4.65. The van der Waals surface area contributed by atoms with Crippen LogP contribution in [0, 0.1) is 0 Å². The highest BCUT2D eigenvalue weighted by molar-refractivity contribution is 6.30. The topological polar surface area (TPSA) is 141 Å². The van der Waals surface area contributed by atoms with Crippen molar-refractivity contribution in [3.05, 3.63) is 106 Å². The maximum Gasteiger partial charge on any atom is 0.243 e. The number of hydrogen-bond donors (Lipinski definition) is 5. The van der Waals surface area contributed by atoms with Gasteiger partial charge in [0.1, 0.15) is 0 Å². The first kappa shape index (κ1) is 34.0. The van der Waals surface area contributed by atoms with Gasteiger partial charge in [0.15, 0.2) is 6.29 Å². The molecule has 0 saturated carbocycles. The van der Waals surface area contributed by atoms with Crippen LogP contribution >= 0.6 is 11.6 Å². The van der Waals surface area contributed by atoms with Crippen LogP contribution in [0.1, 0.15) is 78.7 Å². The molecule has 2 amide bonds. The molecule has 11 heteroatoms. The molecule has 3 aromatic carbocycles. The number of nitrogens with one attached hydrogen (secondary N) is 2. The van der Waals surface area contributed by atoms with E-state index in [9.17, 15) is 19.8 Å². The summed E-state index contributed by atoms with van der Waals surface area (Å²) in [5.41, 5.74) is 5.20. The zero-order valence-corrected chi connectivity index (χ0v) is 26.5. The number of carbonyl (C=O) groups excluding carboxylic acids is 2. The van der Waals surface area contributed by atoms with Gasteiger partial charge in [0.05, 0.1) is 24.4 Å². The summed E-state index contributed by atoms with van der Waals surface area (Å²) in [6.45, 7) is 2.49. The number of benzene rings is 3. The second-order valence-corrected chi connectivity index (χ2v) is 12.5. The summed E-state index contributed by atoms with van der Waals surface area (Å²) in [6.07, 6.45) is 1.58. The van der Waals surface area contributed by atoms with Crippen LogP contribution in [0.4, 0.5) is 0 Å². The number of ether oxygens (including phenoxy) is 2. The third kappa shape index (κ3) is 9.13. The van der Waals surface area contributed by atoms with Crippen molar-refractivity contribution in [2.45, 2.75) is 75.8 Å². The van der Waals surface area contributed by atoms with E-state index in [1.807, 2.05) is 72.8 Å². The number of hydroxylamine groups is 1. The molecule has 3 atom stereocenters.